The van der Waals surface area contributed by atoms with E-state index in [2.05, 4.69) is 61.5 Å². The molecule has 0 aromatic carbocycles. The Morgan fingerprint density at radius 3 is 2.44 bits per heavy atom. The van der Waals surface area contributed by atoms with Crippen molar-refractivity contribution in [1.29, 1.82) is 0 Å². The molecule has 0 heterocycles. The maximum Gasteiger partial charge on any atom is 0.202 e. The first kappa shape index (κ1) is 23.8. The van der Waals surface area contributed by atoms with Gasteiger partial charge in [0.1, 0.15) is 0 Å². The maximum atomic E-state index is 12.8. The second-order valence-corrected chi connectivity index (χ2v) is 13.1. The van der Waals surface area contributed by atoms with Gasteiger partial charge in [0.25, 0.3) is 0 Å². The van der Waals surface area contributed by atoms with E-state index in [-0.39, 0.29) is 28.3 Å². The van der Waals surface area contributed by atoms with Gasteiger partial charge < -0.3 is 5.11 Å². The Bertz CT molecular complexity index is 898. The largest absolute Gasteiger partial charge is 0.505 e. The highest BCUT2D eigenvalue weighted by Crippen LogP contribution is 2.71. The SMILES string of the molecule is CC(C)=CCC[C@@H](C)[C@H]1CC[C@@]2(C)C3=C(CC[C@]12C)[C@@]1(C)C=C(O)C(=O)C(C)(C)[C@@H]1CC3. The molecule has 0 bridgehead atoms. The minimum Gasteiger partial charge on any atom is -0.505 e. The van der Waals surface area contributed by atoms with Gasteiger partial charge in [-0.05, 0) is 99.9 Å². The van der Waals surface area contributed by atoms with Crippen molar-refractivity contribution in [2.75, 3.05) is 0 Å². The van der Waals surface area contributed by atoms with Gasteiger partial charge >= 0.3 is 0 Å². The highest BCUT2D eigenvalue weighted by atomic mass is 16.3. The molecule has 0 saturated heterocycles. The molecule has 6 atom stereocenters. The van der Waals surface area contributed by atoms with Gasteiger partial charge in [-0.2, -0.15) is 0 Å². The number of fused-ring (bicyclic) bond motifs is 4. The van der Waals surface area contributed by atoms with E-state index in [4.69, 9.17) is 0 Å². The molecular formula is C30H46O2. The Kier molecular flexibility index (Phi) is 5.66. The first-order chi connectivity index (χ1) is 14.8. The summed E-state index contributed by atoms with van der Waals surface area (Å²) >= 11 is 0. The molecule has 1 fully saturated rings. The van der Waals surface area contributed by atoms with Crippen LogP contribution in [0.5, 0.6) is 0 Å². The lowest BCUT2D eigenvalue weighted by molar-refractivity contribution is -0.133. The summed E-state index contributed by atoms with van der Waals surface area (Å²) in [5.74, 6) is 1.75. The topological polar surface area (TPSA) is 37.3 Å². The Labute approximate surface area is 196 Å². The molecular weight excluding hydrogens is 392 g/mol. The smallest absolute Gasteiger partial charge is 0.202 e. The van der Waals surface area contributed by atoms with Crippen LogP contribution >= 0.6 is 0 Å². The summed E-state index contributed by atoms with van der Waals surface area (Å²) in [6.45, 7) is 18.5. The third-order valence-corrected chi connectivity index (χ3v) is 11.0. The van der Waals surface area contributed by atoms with Gasteiger partial charge in [-0.3, -0.25) is 4.79 Å². The van der Waals surface area contributed by atoms with Crippen LogP contribution in [0.4, 0.5) is 0 Å². The summed E-state index contributed by atoms with van der Waals surface area (Å²) in [7, 11) is 0. The first-order valence-corrected chi connectivity index (χ1v) is 13.1. The van der Waals surface area contributed by atoms with Crippen molar-refractivity contribution < 1.29 is 9.90 Å². The van der Waals surface area contributed by atoms with Crippen molar-refractivity contribution in [3.05, 3.63) is 34.6 Å². The lowest BCUT2D eigenvalue weighted by Crippen LogP contribution is -2.53. The van der Waals surface area contributed by atoms with Crippen LogP contribution in [0.1, 0.15) is 107 Å². The molecule has 178 valence electrons. The zero-order valence-corrected chi connectivity index (χ0v) is 21.9. The third kappa shape index (κ3) is 3.14. The van der Waals surface area contributed by atoms with E-state index in [1.807, 2.05) is 6.08 Å². The molecule has 4 aliphatic rings. The molecule has 0 unspecified atom stereocenters. The number of carbonyl (C=O) groups excluding carboxylic acids is 1. The van der Waals surface area contributed by atoms with Crippen molar-refractivity contribution in [3.63, 3.8) is 0 Å². The number of carbonyl (C=O) groups is 1. The van der Waals surface area contributed by atoms with Gasteiger partial charge in [0.05, 0.1) is 0 Å². The number of ketones is 1. The lowest BCUT2D eigenvalue weighted by atomic mass is 9.44. The van der Waals surface area contributed by atoms with Crippen molar-refractivity contribution >= 4 is 5.78 Å². The summed E-state index contributed by atoms with van der Waals surface area (Å²) in [6.07, 6.45) is 14.0. The molecule has 0 amide bonds. The van der Waals surface area contributed by atoms with Gasteiger partial charge in [0, 0.05) is 10.8 Å². The van der Waals surface area contributed by atoms with Crippen molar-refractivity contribution in [3.8, 4) is 0 Å². The highest BCUT2D eigenvalue weighted by Gasteiger charge is 2.63. The average Bonchev–Trinajstić information content (AvgIpc) is 2.97. The molecule has 1 N–H and O–H groups in total. The van der Waals surface area contributed by atoms with Crippen molar-refractivity contribution in [1.82, 2.24) is 0 Å². The van der Waals surface area contributed by atoms with Crippen molar-refractivity contribution in [2.45, 2.75) is 107 Å². The molecule has 2 heteroatoms. The van der Waals surface area contributed by atoms with Crippen LogP contribution in [0.3, 0.4) is 0 Å². The Morgan fingerprint density at radius 1 is 1.09 bits per heavy atom. The lowest BCUT2D eigenvalue weighted by Gasteiger charge is -2.59. The van der Waals surface area contributed by atoms with Crippen LogP contribution < -0.4 is 0 Å². The maximum absolute atomic E-state index is 12.8. The van der Waals surface area contributed by atoms with E-state index in [9.17, 15) is 9.90 Å². The van der Waals surface area contributed by atoms with E-state index in [1.54, 1.807) is 11.1 Å². The normalized spacial score (nSPS) is 41.4. The summed E-state index contributed by atoms with van der Waals surface area (Å²) in [4.78, 5) is 12.8. The minimum absolute atomic E-state index is 0.00168. The first-order valence-electron chi connectivity index (χ1n) is 13.1. The molecule has 1 saturated carbocycles. The molecule has 0 aliphatic heterocycles. The molecule has 4 aliphatic carbocycles. The number of rotatable bonds is 4. The van der Waals surface area contributed by atoms with Gasteiger partial charge in [-0.15, -0.1) is 0 Å². The predicted octanol–water partition coefficient (Wildman–Crippen LogP) is 8.35. The third-order valence-electron chi connectivity index (χ3n) is 11.0. The Hall–Kier alpha value is -1.31. The second kappa shape index (κ2) is 7.60. The minimum atomic E-state index is -0.495. The fourth-order valence-electron chi connectivity index (χ4n) is 8.99. The molecule has 32 heavy (non-hydrogen) atoms. The van der Waals surface area contributed by atoms with Crippen LogP contribution in [-0.2, 0) is 4.79 Å². The average molecular weight is 439 g/mol. The van der Waals surface area contributed by atoms with Gasteiger partial charge in [0.2, 0.25) is 5.78 Å². The number of aliphatic hydroxyl groups excluding tert-OH is 1. The van der Waals surface area contributed by atoms with Gasteiger partial charge in [-0.1, -0.05) is 64.3 Å². The number of aliphatic hydroxyl groups is 1. The summed E-state index contributed by atoms with van der Waals surface area (Å²) in [5.41, 5.74) is 4.61. The fourth-order valence-corrected chi connectivity index (χ4v) is 8.99. The zero-order valence-electron chi connectivity index (χ0n) is 21.9. The Balaban J connectivity index is 1.71. The quantitative estimate of drug-likeness (QED) is 0.448. The van der Waals surface area contributed by atoms with E-state index < -0.39 is 5.41 Å². The van der Waals surface area contributed by atoms with E-state index in [0.29, 0.717) is 5.41 Å². The monoisotopic (exact) mass is 438 g/mol. The number of Topliss-reactive ketones (excluding diaryl/α,β-unsaturated/α-hetero) is 1. The standard InChI is InChI=1S/C30H46O2/c1-19(2)10-9-11-20(3)21-14-16-30(8)23-12-13-25-27(4,5)26(32)24(31)18-28(25,6)22(23)15-17-29(21,30)7/h10,18,20-21,25,31H,9,11-17H2,1-8H3/t20-,21-,25+,28-,29-,30+/m1/s1. The van der Waals surface area contributed by atoms with Crippen molar-refractivity contribution in [2.24, 2.45) is 39.4 Å². The molecule has 0 aromatic rings. The van der Waals surface area contributed by atoms with Crippen LogP contribution in [0, 0.1) is 39.4 Å². The number of hydrogen-bond donors (Lipinski definition) is 1. The van der Waals surface area contributed by atoms with Crippen LogP contribution in [0.15, 0.2) is 34.6 Å². The Morgan fingerprint density at radius 2 is 1.78 bits per heavy atom. The number of hydrogen-bond acceptors (Lipinski definition) is 2. The summed E-state index contributed by atoms with van der Waals surface area (Å²) in [6, 6.07) is 0. The van der Waals surface area contributed by atoms with Crippen LogP contribution in [0.25, 0.3) is 0 Å². The molecule has 2 nitrogen and oxygen atoms in total. The molecule has 0 spiro atoms. The number of allylic oxidation sites excluding steroid dienone is 6. The van der Waals surface area contributed by atoms with E-state index in [1.165, 1.54) is 37.7 Å². The summed E-state index contributed by atoms with van der Waals surface area (Å²) in [5, 5.41) is 10.6. The fraction of sp³-hybridized carbons (Fsp3) is 0.767. The molecule has 0 aromatic heterocycles. The van der Waals surface area contributed by atoms with E-state index >= 15 is 0 Å². The predicted molar refractivity (Wildman–Crippen MR) is 133 cm³/mol. The highest BCUT2D eigenvalue weighted by molar-refractivity contribution is 5.99. The summed E-state index contributed by atoms with van der Waals surface area (Å²) < 4.78 is 0. The van der Waals surface area contributed by atoms with E-state index in [0.717, 1.165) is 31.1 Å². The van der Waals surface area contributed by atoms with Gasteiger partial charge in [-0.25, -0.2) is 0 Å². The second-order valence-electron chi connectivity index (χ2n) is 13.1. The van der Waals surface area contributed by atoms with Gasteiger partial charge in [0.15, 0.2) is 5.76 Å². The zero-order chi connectivity index (χ0) is 23.7. The van der Waals surface area contributed by atoms with Crippen LogP contribution in [0.2, 0.25) is 0 Å². The van der Waals surface area contributed by atoms with Crippen LogP contribution in [-0.4, -0.2) is 10.9 Å². The molecule has 4 rings (SSSR count). The molecule has 0 radical (unpaired) electrons.